The average molecular weight is 437 g/mol. The first-order chi connectivity index (χ1) is 15.0. The Kier molecular flexibility index (Phi) is 6.04. The Balaban J connectivity index is 1.64. The minimum Gasteiger partial charge on any atom is -0.482 e. The van der Waals surface area contributed by atoms with Crippen LogP contribution in [-0.4, -0.2) is 29.5 Å². The summed E-state index contributed by atoms with van der Waals surface area (Å²) >= 11 is 1.63. The SMILES string of the molecule is CCC(C(=O)OCc1ccccc1)N1C(=O)COc2ccc(-c3nc(C)sc3C)cc21. The number of nitrogens with zero attached hydrogens (tertiary/aromatic N) is 2. The van der Waals surface area contributed by atoms with E-state index in [0.717, 1.165) is 26.7 Å². The molecule has 1 aliphatic heterocycles. The van der Waals surface area contributed by atoms with Crippen LogP contribution in [0.5, 0.6) is 5.75 Å². The molecule has 1 unspecified atom stereocenters. The van der Waals surface area contributed by atoms with Gasteiger partial charge in [0, 0.05) is 10.4 Å². The Morgan fingerprint density at radius 2 is 2.00 bits per heavy atom. The minimum atomic E-state index is -0.729. The Hall–Kier alpha value is -3.19. The van der Waals surface area contributed by atoms with Crippen molar-refractivity contribution in [3.8, 4) is 17.0 Å². The molecule has 2 heterocycles. The molecule has 0 N–H and O–H groups in total. The normalized spacial score (nSPS) is 14.0. The van der Waals surface area contributed by atoms with Crippen molar-refractivity contribution in [2.75, 3.05) is 11.5 Å². The van der Waals surface area contributed by atoms with Crippen LogP contribution in [-0.2, 0) is 20.9 Å². The van der Waals surface area contributed by atoms with E-state index < -0.39 is 12.0 Å². The van der Waals surface area contributed by atoms with Gasteiger partial charge in [-0.3, -0.25) is 9.69 Å². The largest absolute Gasteiger partial charge is 0.482 e. The molecular weight excluding hydrogens is 412 g/mol. The molecule has 0 saturated heterocycles. The highest BCUT2D eigenvalue weighted by Gasteiger charge is 2.36. The predicted molar refractivity (Wildman–Crippen MR) is 120 cm³/mol. The van der Waals surface area contributed by atoms with Crippen molar-refractivity contribution in [2.24, 2.45) is 0 Å². The summed E-state index contributed by atoms with van der Waals surface area (Å²) in [5, 5.41) is 0.977. The lowest BCUT2D eigenvalue weighted by atomic mass is 10.1. The topological polar surface area (TPSA) is 68.7 Å². The lowest BCUT2D eigenvalue weighted by Crippen LogP contribution is -2.49. The highest BCUT2D eigenvalue weighted by Crippen LogP contribution is 2.39. The van der Waals surface area contributed by atoms with Gasteiger partial charge in [-0.2, -0.15) is 0 Å². The second-order valence-corrected chi connectivity index (χ2v) is 8.80. The summed E-state index contributed by atoms with van der Waals surface area (Å²) in [4.78, 5) is 33.0. The molecule has 0 fully saturated rings. The molecule has 1 aliphatic rings. The molecule has 31 heavy (non-hydrogen) atoms. The van der Waals surface area contributed by atoms with Crippen molar-refractivity contribution < 1.29 is 19.1 Å². The highest BCUT2D eigenvalue weighted by atomic mass is 32.1. The zero-order chi connectivity index (χ0) is 22.0. The maximum atomic E-state index is 12.9. The predicted octanol–water partition coefficient (Wildman–Crippen LogP) is 4.67. The van der Waals surface area contributed by atoms with Gasteiger partial charge in [0.2, 0.25) is 0 Å². The van der Waals surface area contributed by atoms with E-state index >= 15 is 0 Å². The third kappa shape index (κ3) is 4.32. The number of esters is 1. The van der Waals surface area contributed by atoms with Crippen LogP contribution < -0.4 is 9.64 Å². The van der Waals surface area contributed by atoms with Gasteiger partial charge in [0.25, 0.3) is 5.91 Å². The number of fused-ring (bicyclic) bond motifs is 1. The van der Waals surface area contributed by atoms with Gasteiger partial charge in [-0.15, -0.1) is 11.3 Å². The van der Waals surface area contributed by atoms with Crippen molar-refractivity contribution in [1.82, 2.24) is 4.98 Å². The maximum absolute atomic E-state index is 12.9. The van der Waals surface area contributed by atoms with Gasteiger partial charge in [-0.1, -0.05) is 37.3 Å². The fraction of sp³-hybridized carbons (Fsp3) is 0.292. The Bertz CT molecular complexity index is 1110. The first kappa shape index (κ1) is 21.1. The lowest BCUT2D eigenvalue weighted by Gasteiger charge is -2.34. The summed E-state index contributed by atoms with van der Waals surface area (Å²) in [5.41, 5.74) is 3.23. The molecule has 160 valence electrons. The number of amides is 1. The lowest BCUT2D eigenvalue weighted by molar-refractivity contribution is -0.148. The summed E-state index contributed by atoms with van der Waals surface area (Å²) in [7, 11) is 0. The standard InChI is InChI=1S/C24H24N2O4S/c1-4-19(24(28)30-13-17-8-6-5-7-9-17)26-20-12-18(23-15(2)31-16(3)25-23)10-11-21(20)29-14-22(26)27/h5-12,19H,4,13-14H2,1-3H3. The number of aryl methyl sites for hydroxylation is 2. The number of carbonyl (C=O) groups excluding carboxylic acids is 2. The number of thiazole rings is 1. The van der Waals surface area contributed by atoms with Crippen LogP contribution in [0.15, 0.2) is 48.5 Å². The van der Waals surface area contributed by atoms with E-state index in [1.54, 1.807) is 11.3 Å². The Morgan fingerprint density at radius 3 is 2.68 bits per heavy atom. The first-order valence-electron chi connectivity index (χ1n) is 10.2. The first-order valence-corrected chi connectivity index (χ1v) is 11.0. The van der Waals surface area contributed by atoms with Crippen LogP contribution in [0.2, 0.25) is 0 Å². The van der Waals surface area contributed by atoms with Crippen LogP contribution in [0.4, 0.5) is 5.69 Å². The quantitative estimate of drug-likeness (QED) is 0.525. The van der Waals surface area contributed by atoms with E-state index in [-0.39, 0.29) is 19.1 Å². The molecule has 0 saturated carbocycles. The van der Waals surface area contributed by atoms with E-state index in [4.69, 9.17) is 9.47 Å². The minimum absolute atomic E-state index is 0.107. The number of aromatic nitrogens is 1. The fourth-order valence-corrected chi connectivity index (χ4v) is 4.58. The van der Waals surface area contributed by atoms with Crippen LogP contribution in [0.1, 0.15) is 28.8 Å². The van der Waals surface area contributed by atoms with Crippen LogP contribution in [0.3, 0.4) is 0 Å². The molecule has 1 atom stereocenters. The number of carbonyl (C=O) groups is 2. The van der Waals surface area contributed by atoms with Crippen molar-refractivity contribution in [3.05, 3.63) is 64.0 Å². The van der Waals surface area contributed by atoms with Crippen molar-refractivity contribution >= 4 is 28.9 Å². The number of hydrogen-bond acceptors (Lipinski definition) is 6. The van der Waals surface area contributed by atoms with E-state index in [9.17, 15) is 9.59 Å². The van der Waals surface area contributed by atoms with Crippen molar-refractivity contribution in [1.29, 1.82) is 0 Å². The monoisotopic (exact) mass is 436 g/mol. The Labute approximate surface area is 185 Å². The fourth-order valence-electron chi connectivity index (χ4n) is 3.74. The van der Waals surface area contributed by atoms with Crippen LogP contribution in [0.25, 0.3) is 11.3 Å². The van der Waals surface area contributed by atoms with E-state index in [0.29, 0.717) is 17.9 Å². The average Bonchev–Trinajstić information content (AvgIpc) is 3.12. The maximum Gasteiger partial charge on any atom is 0.329 e. The van der Waals surface area contributed by atoms with Gasteiger partial charge in [-0.05, 0) is 44.0 Å². The summed E-state index contributed by atoms with van der Waals surface area (Å²) in [6.45, 7) is 5.92. The third-order valence-corrected chi connectivity index (χ3v) is 6.10. The highest BCUT2D eigenvalue weighted by molar-refractivity contribution is 7.11. The molecule has 4 rings (SSSR count). The molecule has 2 aromatic carbocycles. The van der Waals surface area contributed by atoms with E-state index in [2.05, 4.69) is 4.98 Å². The molecule has 3 aromatic rings. The second kappa shape index (κ2) is 8.89. The third-order valence-electron chi connectivity index (χ3n) is 5.21. The number of rotatable bonds is 6. The molecule has 1 amide bonds. The summed E-state index contributed by atoms with van der Waals surface area (Å²) in [6.07, 6.45) is 0.428. The molecular formula is C24H24N2O4S. The van der Waals surface area contributed by atoms with E-state index in [1.807, 2.05) is 69.3 Å². The summed E-state index contributed by atoms with van der Waals surface area (Å²) < 4.78 is 11.2. The molecule has 6 nitrogen and oxygen atoms in total. The number of anilines is 1. The summed E-state index contributed by atoms with van der Waals surface area (Å²) in [5.74, 6) is -0.125. The van der Waals surface area contributed by atoms with Gasteiger partial charge < -0.3 is 9.47 Å². The molecule has 1 aromatic heterocycles. The Morgan fingerprint density at radius 1 is 1.23 bits per heavy atom. The zero-order valence-electron chi connectivity index (χ0n) is 17.8. The van der Waals surface area contributed by atoms with Crippen molar-refractivity contribution in [3.63, 3.8) is 0 Å². The second-order valence-electron chi connectivity index (χ2n) is 7.39. The van der Waals surface area contributed by atoms with Gasteiger partial charge in [0.1, 0.15) is 18.4 Å². The molecule has 0 aliphatic carbocycles. The zero-order valence-corrected chi connectivity index (χ0v) is 18.6. The van der Waals surface area contributed by atoms with Crippen molar-refractivity contribution in [2.45, 2.75) is 39.8 Å². The van der Waals surface area contributed by atoms with Gasteiger partial charge in [-0.25, -0.2) is 9.78 Å². The van der Waals surface area contributed by atoms with Gasteiger partial charge in [0.05, 0.1) is 16.4 Å². The number of ether oxygens (including phenoxy) is 2. The van der Waals surface area contributed by atoms with Gasteiger partial charge >= 0.3 is 5.97 Å². The van der Waals surface area contributed by atoms with Gasteiger partial charge in [0.15, 0.2) is 6.61 Å². The van der Waals surface area contributed by atoms with Crippen LogP contribution >= 0.6 is 11.3 Å². The number of benzene rings is 2. The molecule has 0 radical (unpaired) electrons. The van der Waals surface area contributed by atoms with E-state index in [1.165, 1.54) is 4.90 Å². The molecule has 0 spiro atoms. The van der Waals surface area contributed by atoms with Crippen LogP contribution in [0, 0.1) is 13.8 Å². The summed E-state index contributed by atoms with van der Waals surface area (Å²) in [6, 6.07) is 14.4. The molecule has 0 bridgehead atoms. The molecule has 7 heteroatoms. The number of hydrogen-bond donors (Lipinski definition) is 0. The smallest absolute Gasteiger partial charge is 0.329 e.